The maximum Gasteiger partial charge on any atom is 0.407 e. The van der Waals surface area contributed by atoms with Crippen LogP contribution in [0.5, 0.6) is 0 Å². The minimum Gasteiger partial charge on any atom is -0.465 e. The number of nitrogens with zero attached hydrogens (tertiary/aromatic N) is 1. The topological polar surface area (TPSA) is 61.8 Å². The van der Waals surface area contributed by atoms with E-state index in [9.17, 15) is 9.90 Å². The number of nitrogens with one attached hydrogen (secondary N) is 1. The lowest BCUT2D eigenvalue weighted by Crippen LogP contribution is -2.37. The SMILES string of the molecule is CNC[C@H]1OCCN(C(=O)O)C[C@@H]1c1ccc(Cl)c(Cl)c1. The first-order valence-electron chi connectivity index (χ1n) is 6.72. The lowest BCUT2D eigenvalue weighted by molar-refractivity contribution is 0.0524. The van der Waals surface area contributed by atoms with Crippen LogP contribution in [0.1, 0.15) is 11.5 Å². The standard InChI is InChI=1S/C14H18Cl2N2O3/c1-17-7-13-10(8-18(14(19)20)4-5-21-13)9-2-3-11(15)12(16)6-9/h2-3,6,10,13,17H,4-5,7-8H2,1H3,(H,19,20)/t10-,13-/m1/s1. The van der Waals surface area contributed by atoms with Crippen molar-refractivity contribution >= 4 is 29.3 Å². The summed E-state index contributed by atoms with van der Waals surface area (Å²) < 4.78 is 5.82. The maximum atomic E-state index is 11.3. The Bertz CT molecular complexity index is 513. The molecule has 1 aliphatic rings. The molecule has 21 heavy (non-hydrogen) atoms. The molecule has 1 saturated heterocycles. The molecule has 1 aliphatic heterocycles. The number of hydrogen-bond donors (Lipinski definition) is 2. The van der Waals surface area contributed by atoms with Gasteiger partial charge in [0.15, 0.2) is 0 Å². The van der Waals surface area contributed by atoms with Crippen molar-refractivity contribution in [2.75, 3.05) is 33.3 Å². The van der Waals surface area contributed by atoms with Gasteiger partial charge in [-0.1, -0.05) is 29.3 Å². The van der Waals surface area contributed by atoms with Gasteiger partial charge in [0.1, 0.15) is 0 Å². The lowest BCUT2D eigenvalue weighted by atomic mass is 9.92. The number of carbonyl (C=O) groups is 1. The number of carboxylic acid groups (broad SMARTS) is 1. The fraction of sp³-hybridized carbons (Fsp3) is 0.500. The molecular formula is C14H18Cl2N2O3. The van der Waals surface area contributed by atoms with E-state index in [4.69, 9.17) is 27.9 Å². The summed E-state index contributed by atoms with van der Waals surface area (Å²) in [5.74, 6) is -0.0918. The van der Waals surface area contributed by atoms with Crippen LogP contribution in [0.25, 0.3) is 0 Å². The Kier molecular flexibility index (Phi) is 5.70. The molecule has 2 atom stereocenters. The van der Waals surface area contributed by atoms with Gasteiger partial charge in [-0.05, 0) is 24.7 Å². The summed E-state index contributed by atoms with van der Waals surface area (Å²) in [6.07, 6.45) is -1.05. The first kappa shape index (κ1) is 16.4. The van der Waals surface area contributed by atoms with Gasteiger partial charge < -0.3 is 20.1 Å². The molecule has 0 spiro atoms. The molecule has 0 saturated carbocycles. The molecular weight excluding hydrogens is 315 g/mol. The summed E-state index contributed by atoms with van der Waals surface area (Å²) in [4.78, 5) is 12.7. The number of likely N-dealkylation sites (N-methyl/N-ethyl adjacent to an activating group) is 1. The van der Waals surface area contributed by atoms with Crippen molar-refractivity contribution in [2.45, 2.75) is 12.0 Å². The molecule has 116 valence electrons. The van der Waals surface area contributed by atoms with Crippen LogP contribution in [0.3, 0.4) is 0 Å². The molecule has 2 rings (SSSR count). The highest BCUT2D eigenvalue weighted by atomic mass is 35.5. The largest absolute Gasteiger partial charge is 0.465 e. The predicted octanol–water partition coefficient (Wildman–Crippen LogP) is 2.68. The third-order valence-corrected chi connectivity index (χ3v) is 4.35. The van der Waals surface area contributed by atoms with Crippen LogP contribution >= 0.6 is 23.2 Å². The lowest BCUT2D eigenvalue weighted by Gasteiger charge is -2.27. The molecule has 1 heterocycles. The normalized spacial score (nSPS) is 22.9. The third kappa shape index (κ3) is 4.01. The van der Waals surface area contributed by atoms with E-state index in [1.807, 2.05) is 13.1 Å². The van der Waals surface area contributed by atoms with Crippen LogP contribution in [0.4, 0.5) is 4.79 Å². The van der Waals surface area contributed by atoms with Crippen LogP contribution in [-0.4, -0.2) is 55.5 Å². The molecule has 2 N–H and O–H groups in total. The van der Waals surface area contributed by atoms with Crippen molar-refractivity contribution in [3.05, 3.63) is 33.8 Å². The Morgan fingerprint density at radius 1 is 1.48 bits per heavy atom. The highest BCUT2D eigenvalue weighted by Gasteiger charge is 2.31. The minimum absolute atomic E-state index is 0.0918. The Morgan fingerprint density at radius 3 is 2.86 bits per heavy atom. The Labute approximate surface area is 133 Å². The van der Waals surface area contributed by atoms with E-state index < -0.39 is 6.09 Å². The number of halogens is 2. The number of rotatable bonds is 3. The third-order valence-electron chi connectivity index (χ3n) is 3.61. The van der Waals surface area contributed by atoms with Crippen LogP contribution in [0, 0.1) is 0 Å². The van der Waals surface area contributed by atoms with Gasteiger partial charge in [0, 0.05) is 25.6 Å². The van der Waals surface area contributed by atoms with Gasteiger partial charge in [-0.2, -0.15) is 0 Å². The molecule has 1 amide bonds. The van der Waals surface area contributed by atoms with E-state index in [0.717, 1.165) is 5.56 Å². The molecule has 1 aromatic rings. The van der Waals surface area contributed by atoms with Crippen LogP contribution < -0.4 is 5.32 Å². The maximum absolute atomic E-state index is 11.3. The van der Waals surface area contributed by atoms with Gasteiger partial charge in [-0.3, -0.25) is 0 Å². The van der Waals surface area contributed by atoms with Gasteiger partial charge >= 0.3 is 6.09 Å². The second kappa shape index (κ2) is 7.31. The summed E-state index contributed by atoms with van der Waals surface area (Å²) in [5.41, 5.74) is 0.929. The molecule has 1 fully saturated rings. The number of ether oxygens (including phenoxy) is 1. The van der Waals surface area contributed by atoms with Crippen molar-refractivity contribution in [3.8, 4) is 0 Å². The number of amides is 1. The van der Waals surface area contributed by atoms with E-state index in [0.29, 0.717) is 36.3 Å². The Balaban J connectivity index is 2.31. The van der Waals surface area contributed by atoms with E-state index in [1.165, 1.54) is 4.90 Å². The second-order valence-electron chi connectivity index (χ2n) is 4.98. The second-order valence-corrected chi connectivity index (χ2v) is 5.79. The molecule has 0 aliphatic carbocycles. The van der Waals surface area contributed by atoms with E-state index >= 15 is 0 Å². The van der Waals surface area contributed by atoms with Gasteiger partial charge in [0.05, 0.1) is 22.8 Å². The van der Waals surface area contributed by atoms with Crippen LogP contribution in [0.15, 0.2) is 18.2 Å². The van der Waals surface area contributed by atoms with E-state index in [1.54, 1.807) is 12.1 Å². The number of hydrogen-bond acceptors (Lipinski definition) is 3. The Hall–Kier alpha value is -1.01. The van der Waals surface area contributed by atoms with Crippen molar-refractivity contribution in [2.24, 2.45) is 0 Å². The predicted molar refractivity (Wildman–Crippen MR) is 82.5 cm³/mol. The monoisotopic (exact) mass is 332 g/mol. The fourth-order valence-electron chi connectivity index (χ4n) is 2.52. The highest BCUT2D eigenvalue weighted by molar-refractivity contribution is 6.42. The van der Waals surface area contributed by atoms with Crippen molar-refractivity contribution in [1.29, 1.82) is 0 Å². The summed E-state index contributed by atoms with van der Waals surface area (Å²) in [5, 5.41) is 13.3. The highest BCUT2D eigenvalue weighted by Crippen LogP contribution is 2.30. The zero-order chi connectivity index (χ0) is 15.4. The zero-order valence-corrected chi connectivity index (χ0v) is 13.2. The molecule has 5 nitrogen and oxygen atoms in total. The summed E-state index contributed by atoms with van der Waals surface area (Å²) >= 11 is 12.0. The van der Waals surface area contributed by atoms with Crippen molar-refractivity contribution in [3.63, 3.8) is 0 Å². The number of benzene rings is 1. The Morgan fingerprint density at radius 2 is 2.24 bits per heavy atom. The summed E-state index contributed by atoms with van der Waals surface area (Å²) in [7, 11) is 1.84. The molecule has 0 bridgehead atoms. The first-order chi connectivity index (χ1) is 10.0. The van der Waals surface area contributed by atoms with E-state index in [2.05, 4.69) is 5.32 Å². The zero-order valence-electron chi connectivity index (χ0n) is 11.7. The quantitative estimate of drug-likeness (QED) is 0.893. The summed E-state index contributed by atoms with van der Waals surface area (Å²) in [6.45, 7) is 1.77. The van der Waals surface area contributed by atoms with Gasteiger partial charge in [0.2, 0.25) is 0 Å². The molecule has 7 heteroatoms. The van der Waals surface area contributed by atoms with E-state index in [-0.39, 0.29) is 12.0 Å². The average molecular weight is 333 g/mol. The van der Waals surface area contributed by atoms with Crippen molar-refractivity contribution < 1.29 is 14.6 Å². The fourth-order valence-corrected chi connectivity index (χ4v) is 2.82. The average Bonchev–Trinajstić information content (AvgIpc) is 2.65. The molecule has 0 radical (unpaired) electrons. The van der Waals surface area contributed by atoms with Gasteiger partial charge in [-0.25, -0.2) is 4.79 Å². The van der Waals surface area contributed by atoms with Crippen molar-refractivity contribution in [1.82, 2.24) is 10.2 Å². The molecule has 0 aromatic heterocycles. The van der Waals surface area contributed by atoms with Gasteiger partial charge in [-0.15, -0.1) is 0 Å². The molecule has 0 unspecified atom stereocenters. The van der Waals surface area contributed by atoms with Crippen LogP contribution in [0.2, 0.25) is 10.0 Å². The first-order valence-corrected chi connectivity index (χ1v) is 7.47. The molecule has 1 aromatic carbocycles. The van der Waals surface area contributed by atoms with Crippen LogP contribution in [-0.2, 0) is 4.74 Å². The summed E-state index contributed by atoms with van der Waals surface area (Å²) in [6, 6.07) is 5.38. The minimum atomic E-state index is -0.936. The smallest absolute Gasteiger partial charge is 0.407 e. The van der Waals surface area contributed by atoms with Gasteiger partial charge in [0.25, 0.3) is 0 Å².